The first-order valence-corrected chi connectivity index (χ1v) is 8.78. The monoisotopic (exact) mass is 286 g/mol. The smallest absolute Gasteiger partial charge is 0.0332 e. The lowest BCUT2D eigenvalue weighted by Gasteiger charge is -2.23. The van der Waals surface area contributed by atoms with Gasteiger partial charge in [0.15, 0.2) is 0 Å². The quantitative estimate of drug-likeness (QED) is 0.856. The Balaban J connectivity index is 1.54. The highest BCUT2D eigenvalue weighted by Crippen LogP contribution is 2.37. The van der Waals surface area contributed by atoms with Crippen molar-refractivity contribution in [2.75, 3.05) is 26.2 Å². The van der Waals surface area contributed by atoms with Gasteiger partial charge < -0.3 is 10.2 Å². The molecule has 2 aliphatic rings. The molecule has 0 aromatic heterocycles. The van der Waals surface area contributed by atoms with E-state index in [1.165, 1.54) is 56.4 Å². The Labute approximate surface area is 129 Å². The second-order valence-electron chi connectivity index (χ2n) is 7.02. The molecule has 0 amide bonds. The number of rotatable bonds is 6. The van der Waals surface area contributed by atoms with Crippen molar-refractivity contribution in [2.24, 2.45) is 11.8 Å². The molecule has 1 N–H and O–H groups in total. The first kappa shape index (κ1) is 15.1. The van der Waals surface area contributed by atoms with Crippen molar-refractivity contribution in [3.63, 3.8) is 0 Å². The molecule has 0 bridgehead atoms. The molecule has 2 nitrogen and oxygen atoms in total. The van der Waals surface area contributed by atoms with Crippen LogP contribution >= 0.6 is 0 Å². The first-order chi connectivity index (χ1) is 10.3. The van der Waals surface area contributed by atoms with E-state index in [1.807, 2.05) is 0 Å². The average molecular weight is 286 g/mol. The van der Waals surface area contributed by atoms with Crippen LogP contribution in [0.2, 0.25) is 0 Å². The number of fused-ring (bicyclic) bond motifs is 1. The topological polar surface area (TPSA) is 15.3 Å². The average Bonchev–Trinajstić information content (AvgIpc) is 3.05. The second kappa shape index (κ2) is 6.93. The zero-order chi connectivity index (χ0) is 14.7. The first-order valence-electron chi connectivity index (χ1n) is 8.78. The highest BCUT2D eigenvalue weighted by molar-refractivity contribution is 5.24. The number of nitrogens with zero attached hydrogens (tertiary/aromatic N) is 1. The van der Waals surface area contributed by atoms with E-state index in [2.05, 4.69) is 48.3 Å². The van der Waals surface area contributed by atoms with Gasteiger partial charge in [-0.3, -0.25) is 0 Å². The van der Waals surface area contributed by atoms with Gasteiger partial charge in [0.25, 0.3) is 0 Å². The summed E-state index contributed by atoms with van der Waals surface area (Å²) < 4.78 is 0. The molecule has 1 aromatic rings. The molecule has 0 spiro atoms. The molecule has 21 heavy (non-hydrogen) atoms. The summed E-state index contributed by atoms with van der Waals surface area (Å²) in [5, 5.41) is 3.67. The highest BCUT2D eigenvalue weighted by atomic mass is 15.2. The maximum Gasteiger partial charge on any atom is 0.0332 e. The fraction of sp³-hybridized carbons (Fsp3) is 0.684. The number of hydrogen-bond acceptors (Lipinski definition) is 2. The zero-order valence-corrected chi connectivity index (χ0v) is 13.6. The third kappa shape index (κ3) is 3.67. The van der Waals surface area contributed by atoms with Crippen LogP contribution in [0.15, 0.2) is 24.3 Å². The SMILES string of the molecule is CCNC(CCN1CC2CCCC2C1)c1ccc(C)cc1. The van der Waals surface area contributed by atoms with E-state index in [-0.39, 0.29) is 0 Å². The summed E-state index contributed by atoms with van der Waals surface area (Å²) in [6.45, 7) is 9.38. The molecule has 3 unspecified atom stereocenters. The van der Waals surface area contributed by atoms with Gasteiger partial charge in [-0.1, -0.05) is 43.2 Å². The molecule has 1 aliphatic carbocycles. The van der Waals surface area contributed by atoms with Gasteiger partial charge in [0.05, 0.1) is 0 Å². The molecule has 2 fully saturated rings. The van der Waals surface area contributed by atoms with Crippen LogP contribution < -0.4 is 5.32 Å². The Morgan fingerprint density at radius 3 is 2.43 bits per heavy atom. The predicted octanol–water partition coefficient (Wildman–Crippen LogP) is 3.77. The minimum absolute atomic E-state index is 0.510. The summed E-state index contributed by atoms with van der Waals surface area (Å²) in [5.74, 6) is 2.03. The molecule has 1 saturated heterocycles. The van der Waals surface area contributed by atoms with Gasteiger partial charge in [0.2, 0.25) is 0 Å². The van der Waals surface area contributed by atoms with Gasteiger partial charge in [-0.15, -0.1) is 0 Å². The Bertz CT molecular complexity index is 427. The normalized spacial score (nSPS) is 27.0. The van der Waals surface area contributed by atoms with E-state index in [0.29, 0.717) is 6.04 Å². The van der Waals surface area contributed by atoms with Crippen LogP contribution in [0.5, 0.6) is 0 Å². The van der Waals surface area contributed by atoms with Crippen LogP contribution in [0.4, 0.5) is 0 Å². The minimum Gasteiger partial charge on any atom is -0.310 e. The maximum absolute atomic E-state index is 3.67. The van der Waals surface area contributed by atoms with E-state index in [0.717, 1.165) is 18.4 Å². The van der Waals surface area contributed by atoms with Gasteiger partial charge in [0, 0.05) is 19.1 Å². The number of hydrogen-bond donors (Lipinski definition) is 1. The van der Waals surface area contributed by atoms with E-state index in [4.69, 9.17) is 0 Å². The van der Waals surface area contributed by atoms with Crippen LogP contribution in [-0.4, -0.2) is 31.1 Å². The van der Waals surface area contributed by atoms with Crippen molar-refractivity contribution in [2.45, 2.75) is 45.6 Å². The Morgan fingerprint density at radius 2 is 1.81 bits per heavy atom. The Hall–Kier alpha value is -0.860. The second-order valence-corrected chi connectivity index (χ2v) is 7.02. The summed E-state index contributed by atoms with van der Waals surface area (Å²) in [6, 6.07) is 9.57. The van der Waals surface area contributed by atoms with Crippen molar-refractivity contribution in [3.05, 3.63) is 35.4 Å². The van der Waals surface area contributed by atoms with Gasteiger partial charge in [-0.2, -0.15) is 0 Å². The van der Waals surface area contributed by atoms with Crippen molar-refractivity contribution in [1.82, 2.24) is 10.2 Å². The maximum atomic E-state index is 3.67. The summed E-state index contributed by atoms with van der Waals surface area (Å²) in [5.41, 5.74) is 2.79. The minimum atomic E-state index is 0.510. The van der Waals surface area contributed by atoms with Crippen molar-refractivity contribution in [1.29, 1.82) is 0 Å². The molecule has 1 aliphatic heterocycles. The van der Waals surface area contributed by atoms with E-state index in [9.17, 15) is 0 Å². The third-order valence-corrected chi connectivity index (χ3v) is 5.47. The van der Waals surface area contributed by atoms with Crippen LogP contribution in [0.25, 0.3) is 0 Å². The Kier molecular flexibility index (Phi) is 4.97. The van der Waals surface area contributed by atoms with E-state index >= 15 is 0 Å². The van der Waals surface area contributed by atoms with E-state index < -0.39 is 0 Å². The fourth-order valence-electron chi connectivity index (χ4n) is 4.26. The molecular weight excluding hydrogens is 256 g/mol. The summed E-state index contributed by atoms with van der Waals surface area (Å²) in [6.07, 6.45) is 5.68. The molecule has 1 saturated carbocycles. The van der Waals surface area contributed by atoms with Crippen LogP contribution in [0.3, 0.4) is 0 Å². The fourth-order valence-corrected chi connectivity index (χ4v) is 4.26. The van der Waals surface area contributed by atoms with Crippen molar-refractivity contribution >= 4 is 0 Å². The van der Waals surface area contributed by atoms with Crippen molar-refractivity contribution < 1.29 is 0 Å². The lowest BCUT2D eigenvalue weighted by atomic mass is 10.0. The van der Waals surface area contributed by atoms with Crippen LogP contribution in [0, 0.1) is 18.8 Å². The van der Waals surface area contributed by atoms with Crippen molar-refractivity contribution in [3.8, 4) is 0 Å². The number of benzene rings is 1. The predicted molar refractivity (Wildman–Crippen MR) is 89.5 cm³/mol. The molecule has 1 heterocycles. The van der Waals surface area contributed by atoms with E-state index in [1.54, 1.807) is 0 Å². The largest absolute Gasteiger partial charge is 0.310 e. The van der Waals surface area contributed by atoms with Gasteiger partial charge in [-0.05, 0) is 56.7 Å². The van der Waals surface area contributed by atoms with Gasteiger partial charge >= 0.3 is 0 Å². The third-order valence-electron chi connectivity index (χ3n) is 5.47. The number of aryl methyl sites for hydroxylation is 1. The summed E-state index contributed by atoms with van der Waals surface area (Å²) in [4.78, 5) is 2.72. The molecule has 3 rings (SSSR count). The van der Waals surface area contributed by atoms with Gasteiger partial charge in [-0.25, -0.2) is 0 Å². The number of nitrogens with one attached hydrogen (secondary N) is 1. The van der Waals surface area contributed by atoms with Crippen LogP contribution in [0.1, 0.15) is 49.8 Å². The Morgan fingerprint density at radius 1 is 1.14 bits per heavy atom. The molecule has 1 aromatic carbocycles. The molecular formula is C19H30N2. The molecule has 3 atom stereocenters. The highest BCUT2D eigenvalue weighted by Gasteiger charge is 2.35. The molecule has 0 radical (unpaired) electrons. The van der Waals surface area contributed by atoms with Gasteiger partial charge in [0.1, 0.15) is 0 Å². The van der Waals surface area contributed by atoms with Crippen LogP contribution in [-0.2, 0) is 0 Å². The zero-order valence-electron chi connectivity index (χ0n) is 13.6. The lowest BCUT2D eigenvalue weighted by Crippen LogP contribution is -2.28. The molecule has 116 valence electrons. The lowest BCUT2D eigenvalue weighted by molar-refractivity contribution is 0.289. The summed E-state index contributed by atoms with van der Waals surface area (Å²) in [7, 11) is 0. The summed E-state index contributed by atoms with van der Waals surface area (Å²) >= 11 is 0. The number of likely N-dealkylation sites (tertiary alicyclic amines) is 1. The standard InChI is InChI=1S/C19H30N2/c1-3-20-19(16-9-7-15(2)8-10-16)11-12-21-13-17-5-4-6-18(17)14-21/h7-10,17-20H,3-6,11-14H2,1-2H3. The molecule has 2 heteroatoms.